The molecule has 1 aromatic heterocycles. The van der Waals surface area contributed by atoms with Crippen LogP contribution in [-0.4, -0.2) is 15.9 Å². The lowest BCUT2D eigenvalue weighted by Gasteiger charge is -2.10. The van der Waals surface area contributed by atoms with Crippen LogP contribution in [0.4, 0.5) is 0 Å². The van der Waals surface area contributed by atoms with Crippen molar-refractivity contribution in [3.8, 4) is 17.0 Å². The maximum Gasteiger partial charge on any atom is 0.211 e. The fraction of sp³-hybridized carbons (Fsp3) is 0.120. The van der Waals surface area contributed by atoms with Gasteiger partial charge in [0.2, 0.25) is 4.80 Å². The number of aromatic nitrogens is 1. The van der Waals surface area contributed by atoms with Crippen molar-refractivity contribution in [1.29, 1.82) is 0 Å². The SMILES string of the molecule is Cc1s/c(=N\N=C\c2ccc(O)cc2)n(CCc2ccccc2)c1-c1ccccc1. The smallest absolute Gasteiger partial charge is 0.211 e. The predicted octanol–water partition coefficient (Wildman–Crippen LogP) is 5.41. The second-order valence-electron chi connectivity index (χ2n) is 6.98. The van der Waals surface area contributed by atoms with E-state index in [9.17, 15) is 5.11 Å². The van der Waals surface area contributed by atoms with E-state index in [-0.39, 0.29) is 5.75 Å². The number of aryl methyl sites for hydroxylation is 2. The van der Waals surface area contributed by atoms with E-state index in [0.717, 1.165) is 23.3 Å². The Bertz CT molecular complexity index is 1190. The average molecular weight is 414 g/mol. The zero-order chi connectivity index (χ0) is 20.8. The van der Waals surface area contributed by atoms with Crippen LogP contribution < -0.4 is 4.80 Å². The molecule has 0 saturated heterocycles. The second-order valence-corrected chi connectivity index (χ2v) is 8.16. The zero-order valence-corrected chi connectivity index (χ0v) is 17.6. The lowest BCUT2D eigenvalue weighted by atomic mass is 10.1. The standard InChI is InChI=1S/C25H23N3OS/c1-19-24(22-10-6-3-7-11-22)28(17-16-20-8-4-2-5-9-20)25(30-19)27-26-18-21-12-14-23(29)15-13-21/h2-15,18,29H,16-17H2,1H3/b26-18+,27-25-. The fourth-order valence-corrected chi connectivity index (χ4v) is 4.33. The van der Waals surface area contributed by atoms with Crippen molar-refractivity contribution in [2.75, 3.05) is 0 Å². The van der Waals surface area contributed by atoms with Crippen molar-refractivity contribution in [2.45, 2.75) is 19.9 Å². The summed E-state index contributed by atoms with van der Waals surface area (Å²) in [5, 5.41) is 18.3. The summed E-state index contributed by atoms with van der Waals surface area (Å²) in [6.07, 6.45) is 2.63. The Morgan fingerprint density at radius 1 is 0.900 bits per heavy atom. The second kappa shape index (κ2) is 9.37. The van der Waals surface area contributed by atoms with Gasteiger partial charge >= 0.3 is 0 Å². The minimum absolute atomic E-state index is 0.240. The summed E-state index contributed by atoms with van der Waals surface area (Å²) >= 11 is 1.65. The van der Waals surface area contributed by atoms with Crippen LogP contribution in [0.1, 0.15) is 16.0 Å². The molecule has 30 heavy (non-hydrogen) atoms. The van der Waals surface area contributed by atoms with Crippen LogP contribution in [0.3, 0.4) is 0 Å². The molecule has 0 unspecified atom stereocenters. The van der Waals surface area contributed by atoms with Gasteiger partial charge in [0.1, 0.15) is 5.75 Å². The Kier molecular flexibility index (Phi) is 6.20. The molecule has 3 aromatic carbocycles. The van der Waals surface area contributed by atoms with Gasteiger partial charge in [-0.05, 0) is 54.3 Å². The summed E-state index contributed by atoms with van der Waals surface area (Å²) < 4.78 is 2.26. The van der Waals surface area contributed by atoms with Crippen molar-refractivity contribution in [3.05, 3.63) is 106 Å². The molecule has 4 aromatic rings. The molecule has 0 fully saturated rings. The molecule has 0 radical (unpaired) electrons. The lowest BCUT2D eigenvalue weighted by molar-refractivity contribution is 0.475. The van der Waals surface area contributed by atoms with Crippen molar-refractivity contribution >= 4 is 17.6 Å². The van der Waals surface area contributed by atoms with Gasteiger partial charge < -0.3 is 9.67 Å². The molecule has 0 spiro atoms. The third-order valence-electron chi connectivity index (χ3n) is 4.84. The van der Waals surface area contributed by atoms with Gasteiger partial charge in [0.15, 0.2) is 0 Å². The van der Waals surface area contributed by atoms with E-state index >= 15 is 0 Å². The Labute approximate surface area is 180 Å². The molecule has 150 valence electrons. The number of thiazole rings is 1. The summed E-state index contributed by atoms with van der Waals surface area (Å²) in [4.78, 5) is 2.09. The average Bonchev–Trinajstić information content (AvgIpc) is 3.10. The first-order valence-corrected chi connectivity index (χ1v) is 10.7. The van der Waals surface area contributed by atoms with Crippen LogP contribution in [-0.2, 0) is 13.0 Å². The van der Waals surface area contributed by atoms with Gasteiger partial charge in [0.25, 0.3) is 0 Å². The van der Waals surface area contributed by atoms with E-state index in [1.807, 2.05) is 24.3 Å². The van der Waals surface area contributed by atoms with Gasteiger partial charge in [-0.25, -0.2) is 0 Å². The van der Waals surface area contributed by atoms with Gasteiger partial charge in [-0.2, -0.15) is 5.10 Å². The minimum Gasteiger partial charge on any atom is -0.508 e. The molecule has 1 N–H and O–H groups in total. The number of rotatable bonds is 6. The van der Waals surface area contributed by atoms with Crippen molar-refractivity contribution in [2.24, 2.45) is 10.2 Å². The van der Waals surface area contributed by atoms with Crippen LogP contribution in [0, 0.1) is 6.92 Å². The molecule has 0 amide bonds. The molecule has 4 nitrogen and oxygen atoms in total. The highest BCUT2D eigenvalue weighted by molar-refractivity contribution is 7.09. The van der Waals surface area contributed by atoms with Crippen molar-refractivity contribution in [3.63, 3.8) is 0 Å². The number of phenols is 1. The van der Waals surface area contributed by atoms with Gasteiger partial charge in [-0.1, -0.05) is 72.0 Å². The maximum atomic E-state index is 9.42. The third kappa shape index (κ3) is 4.75. The van der Waals surface area contributed by atoms with Crippen LogP contribution in [0.5, 0.6) is 5.75 Å². The third-order valence-corrected chi connectivity index (χ3v) is 5.82. The molecule has 0 atom stereocenters. The highest BCUT2D eigenvalue weighted by Crippen LogP contribution is 2.25. The number of hydrogen-bond acceptors (Lipinski definition) is 4. The molecular weight excluding hydrogens is 390 g/mol. The quantitative estimate of drug-likeness (QED) is 0.334. The summed E-state index contributed by atoms with van der Waals surface area (Å²) in [6.45, 7) is 2.96. The molecule has 0 bridgehead atoms. The molecule has 0 aliphatic carbocycles. The van der Waals surface area contributed by atoms with Crippen molar-refractivity contribution in [1.82, 2.24) is 4.57 Å². The largest absolute Gasteiger partial charge is 0.508 e. The lowest BCUT2D eigenvalue weighted by Crippen LogP contribution is -2.17. The molecule has 1 heterocycles. The maximum absolute atomic E-state index is 9.42. The fourth-order valence-electron chi connectivity index (χ4n) is 3.35. The Balaban J connectivity index is 1.70. The minimum atomic E-state index is 0.240. The van der Waals surface area contributed by atoms with Crippen LogP contribution in [0.25, 0.3) is 11.3 Å². The van der Waals surface area contributed by atoms with E-state index in [2.05, 4.69) is 70.2 Å². The van der Waals surface area contributed by atoms with Gasteiger partial charge in [-0.15, -0.1) is 5.10 Å². The summed E-state index contributed by atoms with van der Waals surface area (Å²) in [5.41, 5.74) is 4.56. The monoisotopic (exact) mass is 413 g/mol. The van der Waals surface area contributed by atoms with Gasteiger partial charge in [-0.3, -0.25) is 0 Å². The number of benzene rings is 3. The van der Waals surface area contributed by atoms with E-state index in [0.29, 0.717) is 0 Å². The van der Waals surface area contributed by atoms with E-state index in [1.54, 1.807) is 29.7 Å². The van der Waals surface area contributed by atoms with Gasteiger partial charge in [0, 0.05) is 11.4 Å². The Morgan fingerprint density at radius 2 is 1.57 bits per heavy atom. The van der Waals surface area contributed by atoms with E-state index in [1.165, 1.54) is 21.7 Å². The predicted molar refractivity (Wildman–Crippen MR) is 124 cm³/mol. The number of hydrogen-bond donors (Lipinski definition) is 1. The number of aromatic hydroxyl groups is 1. The molecule has 0 aliphatic rings. The van der Waals surface area contributed by atoms with Crippen LogP contribution in [0.2, 0.25) is 0 Å². The van der Waals surface area contributed by atoms with Crippen LogP contribution >= 0.6 is 11.3 Å². The molecule has 0 saturated carbocycles. The molecule has 0 aliphatic heterocycles. The number of phenolic OH excluding ortho intramolecular Hbond substituents is 1. The first-order valence-electron chi connectivity index (χ1n) is 9.86. The van der Waals surface area contributed by atoms with Gasteiger partial charge in [0.05, 0.1) is 11.9 Å². The highest BCUT2D eigenvalue weighted by Gasteiger charge is 2.12. The molecule has 4 rings (SSSR count). The summed E-state index contributed by atoms with van der Waals surface area (Å²) in [7, 11) is 0. The Morgan fingerprint density at radius 3 is 2.27 bits per heavy atom. The first-order chi connectivity index (χ1) is 14.7. The molecular formula is C25H23N3OS. The summed E-state index contributed by atoms with van der Waals surface area (Å²) in [5.74, 6) is 0.240. The Hall–Kier alpha value is -3.44. The topological polar surface area (TPSA) is 49.9 Å². The number of nitrogens with zero attached hydrogens (tertiary/aromatic N) is 3. The normalized spacial score (nSPS) is 12.0. The molecule has 5 heteroatoms. The summed E-state index contributed by atoms with van der Waals surface area (Å²) in [6, 6.07) is 27.8. The van der Waals surface area contributed by atoms with Crippen molar-refractivity contribution < 1.29 is 5.11 Å². The van der Waals surface area contributed by atoms with Crippen LogP contribution in [0.15, 0.2) is 95.1 Å². The van der Waals surface area contributed by atoms with E-state index < -0.39 is 0 Å². The zero-order valence-electron chi connectivity index (χ0n) is 16.8. The van der Waals surface area contributed by atoms with E-state index in [4.69, 9.17) is 0 Å². The first kappa shape index (κ1) is 19.9. The highest BCUT2D eigenvalue weighted by atomic mass is 32.1.